The van der Waals surface area contributed by atoms with Crippen molar-refractivity contribution in [3.8, 4) is 0 Å². The van der Waals surface area contributed by atoms with E-state index in [-0.39, 0.29) is 0 Å². The van der Waals surface area contributed by atoms with Gasteiger partial charge in [0.25, 0.3) is 0 Å². The second-order valence-electron chi connectivity index (χ2n) is 0.949. The van der Waals surface area contributed by atoms with E-state index in [2.05, 4.69) is 21.1 Å². The van der Waals surface area contributed by atoms with Gasteiger partial charge in [0.1, 0.15) is 0 Å². The minimum Gasteiger partial charge on any atom is -0.362 e. The lowest BCUT2D eigenvalue weighted by Gasteiger charge is -1.82. The molecule has 0 unspecified atom stereocenters. The van der Waals surface area contributed by atoms with Crippen molar-refractivity contribution in [3.05, 3.63) is 0 Å². The largest absolute Gasteiger partial charge is 0.443 e. The van der Waals surface area contributed by atoms with Crippen LogP contribution in [0.25, 0.3) is 0 Å². The molecule has 0 saturated heterocycles. The molecule has 1 rings (SSSR count). The lowest BCUT2D eigenvalue weighted by molar-refractivity contribution is 1.08. The van der Waals surface area contributed by atoms with Crippen LogP contribution in [0, 0.1) is 0 Å². The molecule has 0 spiro atoms. The van der Waals surface area contributed by atoms with Gasteiger partial charge in [0.2, 0.25) is 10.3 Å². The second-order valence-corrected chi connectivity index (χ2v) is 1.72. The Labute approximate surface area is 45.9 Å². The van der Waals surface area contributed by atoms with E-state index < -0.39 is 0 Å². The molecule has 1 heterocycles. The molecule has 0 amide bonds. The molecule has 3 nitrogen and oxygen atoms in total. The average molecular weight is 114 g/mol. The first-order valence-corrected chi connectivity index (χ1v) is 2.62. The summed E-state index contributed by atoms with van der Waals surface area (Å²) in [5.41, 5.74) is 2.60. The van der Waals surface area contributed by atoms with Crippen molar-refractivity contribution in [1.82, 2.24) is 10.4 Å². The Morgan fingerprint density at radius 1 is 2.00 bits per heavy atom. The third kappa shape index (κ3) is 0.928. The Hall–Kier alpha value is -0.510. The standard InChI is InChI=1S/C3H4N3S/c1-4-3-6-5-2-7-3/h1H3,(H,4,6)/q+1. The quantitative estimate of drug-likeness (QED) is 0.459. The van der Waals surface area contributed by atoms with Crippen molar-refractivity contribution in [2.24, 2.45) is 5.10 Å². The van der Waals surface area contributed by atoms with E-state index in [0.29, 0.717) is 0 Å². The zero-order valence-electron chi connectivity index (χ0n) is 3.80. The van der Waals surface area contributed by atoms with Crippen molar-refractivity contribution in [2.45, 2.75) is 0 Å². The van der Waals surface area contributed by atoms with Crippen molar-refractivity contribution >= 4 is 22.5 Å². The van der Waals surface area contributed by atoms with Crippen LogP contribution in [0.2, 0.25) is 0 Å². The lowest BCUT2D eigenvalue weighted by Crippen LogP contribution is -2.11. The van der Waals surface area contributed by atoms with Gasteiger partial charge in [-0.15, -0.1) is 0 Å². The van der Waals surface area contributed by atoms with E-state index in [1.165, 1.54) is 11.8 Å². The number of hydrogen-bond donors (Lipinski definition) is 1. The van der Waals surface area contributed by atoms with E-state index in [4.69, 9.17) is 0 Å². The Kier molecular flexibility index (Phi) is 1.31. The van der Waals surface area contributed by atoms with Crippen LogP contribution >= 0.6 is 11.8 Å². The fourth-order valence-corrected chi connectivity index (χ4v) is 0.603. The molecule has 0 aliphatic carbocycles. The highest BCUT2D eigenvalue weighted by Gasteiger charge is 2.11. The second kappa shape index (κ2) is 1.97. The highest BCUT2D eigenvalue weighted by molar-refractivity contribution is 8.25. The molecule has 2 radical (unpaired) electrons. The van der Waals surface area contributed by atoms with Crippen LogP contribution in [0.1, 0.15) is 0 Å². The molecule has 1 N–H and O–H groups in total. The molecule has 0 aromatic carbocycles. The van der Waals surface area contributed by atoms with Crippen LogP contribution in [-0.4, -0.2) is 17.8 Å². The molecule has 1 aliphatic heterocycles. The van der Waals surface area contributed by atoms with Crippen molar-refractivity contribution in [1.29, 1.82) is 0 Å². The van der Waals surface area contributed by atoms with E-state index in [0.717, 1.165) is 5.17 Å². The molecule has 0 bridgehead atoms. The summed E-state index contributed by atoms with van der Waals surface area (Å²) in [6, 6.07) is 0. The summed E-state index contributed by atoms with van der Waals surface area (Å²) in [4.78, 5) is 0. The number of amidine groups is 1. The van der Waals surface area contributed by atoms with E-state index in [1.54, 1.807) is 7.05 Å². The molecule has 0 fully saturated rings. The minimum absolute atomic E-state index is 0.806. The topological polar surface area (TPSA) is 38.5 Å². The highest BCUT2D eigenvalue weighted by Crippen LogP contribution is 1.97. The van der Waals surface area contributed by atoms with Gasteiger partial charge in [-0.1, -0.05) is 0 Å². The van der Waals surface area contributed by atoms with Gasteiger partial charge in [0.05, 0.1) is 5.10 Å². The predicted octanol–water partition coefficient (Wildman–Crippen LogP) is -0.535. The third-order valence-corrected chi connectivity index (χ3v) is 1.19. The Bertz CT molecular complexity index is 117. The SMILES string of the molecule is CNC1=N[N+]=[C]S1. The number of nitrogens with one attached hydrogen (secondary N) is 1. The average Bonchev–Trinajstić information content (AvgIpc) is 2.14. The smallest absolute Gasteiger partial charge is 0.362 e. The molecule has 0 saturated carbocycles. The summed E-state index contributed by atoms with van der Waals surface area (Å²) >= 11 is 1.36. The van der Waals surface area contributed by atoms with Gasteiger partial charge in [-0.3, -0.25) is 0 Å². The summed E-state index contributed by atoms with van der Waals surface area (Å²) in [6.07, 6.45) is 0. The fourth-order valence-electron chi connectivity index (χ4n) is 0.251. The van der Waals surface area contributed by atoms with Crippen LogP contribution in [-0.2, 0) is 0 Å². The molecule has 0 aromatic heterocycles. The highest BCUT2D eigenvalue weighted by atomic mass is 32.2. The summed E-state index contributed by atoms with van der Waals surface area (Å²) in [5.74, 6) is 0. The summed E-state index contributed by atoms with van der Waals surface area (Å²) in [7, 11) is 1.80. The van der Waals surface area contributed by atoms with Crippen molar-refractivity contribution in [2.75, 3.05) is 7.05 Å². The fraction of sp³-hybridized carbons (Fsp3) is 0.333. The van der Waals surface area contributed by atoms with Gasteiger partial charge in [-0.25, -0.2) is 0 Å². The van der Waals surface area contributed by atoms with Crippen LogP contribution < -0.4 is 10.4 Å². The lowest BCUT2D eigenvalue weighted by atomic mass is 11.2. The minimum atomic E-state index is 0.806. The molecule has 1 aliphatic rings. The molecule has 36 valence electrons. The maximum absolute atomic E-state index is 3.64. The molecule has 7 heavy (non-hydrogen) atoms. The van der Waals surface area contributed by atoms with Gasteiger partial charge in [0, 0.05) is 18.8 Å². The molecule has 0 atom stereocenters. The summed E-state index contributed by atoms with van der Waals surface area (Å²) in [6.45, 7) is 0. The monoisotopic (exact) mass is 114 g/mol. The zero-order valence-corrected chi connectivity index (χ0v) is 4.62. The zero-order chi connectivity index (χ0) is 5.11. The molecular formula is C3H4N3S+. The number of nitrogens with zero attached hydrogens (tertiary/aromatic N) is 2. The van der Waals surface area contributed by atoms with Crippen LogP contribution in [0.4, 0.5) is 0 Å². The first-order chi connectivity index (χ1) is 3.43. The Morgan fingerprint density at radius 2 is 2.86 bits per heavy atom. The van der Waals surface area contributed by atoms with E-state index in [9.17, 15) is 0 Å². The van der Waals surface area contributed by atoms with Gasteiger partial charge >= 0.3 is 5.55 Å². The first-order valence-electron chi connectivity index (χ1n) is 1.81. The molecule has 4 heteroatoms. The first kappa shape index (κ1) is 4.64. The Morgan fingerprint density at radius 3 is 3.14 bits per heavy atom. The van der Waals surface area contributed by atoms with Crippen molar-refractivity contribution < 1.29 is 0 Å². The maximum atomic E-state index is 3.64. The third-order valence-electron chi connectivity index (χ3n) is 0.538. The van der Waals surface area contributed by atoms with Crippen LogP contribution in [0.5, 0.6) is 0 Å². The van der Waals surface area contributed by atoms with Gasteiger partial charge in [-0.05, 0) is 0 Å². The van der Waals surface area contributed by atoms with E-state index in [1.807, 2.05) is 0 Å². The van der Waals surface area contributed by atoms with Gasteiger partial charge in [0.15, 0.2) is 0 Å². The maximum Gasteiger partial charge on any atom is 0.443 e. The van der Waals surface area contributed by atoms with Crippen LogP contribution in [0.3, 0.4) is 0 Å². The van der Waals surface area contributed by atoms with E-state index >= 15 is 0 Å². The van der Waals surface area contributed by atoms with Crippen LogP contribution in [0.15, 0.2) is 5.10 Å². The predicted molar refractivity (Wildman–Crippen MR) is 31.2 cm³/mol. The molecular weight excluding hydrogens is 110 g/mol. The normalized spacial score (nSPS) is 17.0. The summed E-state index contributed by atoms with van der Waals surface area (Å²) < 4.78 is 0. The number of hydrogen-bond acceptors (Lipinski definition) is 4. The Balaban J connectivity index is 2.45. The van der Waals surface area contributed by atoms with Gasteiger partial charge < -0.3 is 5.32 Å². The summed E-state index contributed by atoms with van der Waals surface area (Å²) in [5, 5.41) is 10.7. The number of rotatable bonds is 0. The van der Waals surface area contributed by atoms with Crippen molar-refractivity contribution in [3.63, 3.8) is 0 Å². The number of thioether (sulfide) groups is 1. The molecule has 0 aromatic rings. The van der Waals surface area contributed by atoms with Gasteiger partial charge in [-0.2, -0.15) is 0 Å².